The Morgan fingerprint density at radius 3 is 1.41 bits per heavy atom. The van der Waals surface area contributed by atoms with Gasteiger partial charge in [0.25, 0.3) is 0 Å². The first-order valence-electron chi connectivity index (χ1n) is 14.6. The summed E-state index contributed by atoms with van der Waals surface area (Å²) >= 11 is 0. The van der Waals surface area contributed by atoms with E-state index in [9.17, 15) is 9.59 Å². The van der Waals surface area contributed by atoms with Gasteiger partial charge in [0.05, 0.1) is 19.1 Å². The molecule has 1 unspecified atom stereocenters. The Kier molecular flexibility index (Phi) is 22.9. The molecule has 0 aromatic heterocycles. The summed E-state index contributed by atoms with van der Waals surface area (Å²) in [5.74, 6) is 1.46. The minimum Gasteiger partial charge on any atom is -0.466 e. The first kappa shape index (κ1) is 32.9. The van der Waals surface area contributed by atoms with E-state index >= 15 is 0 Å². The highest BCUT2D eigenvalue weighted by Gasteiger charge is 2.13. The largest absolute Gasteiger partial charge is 0.466 e. The number of carbonyl (C=O) groups excluding carboxylic acids is 2. The maximum absolute atomic E-state index is 12.0. The first-order valence-corrected chi connectivity index (χ1v) is 14.6. The second-order valence-electron chi connectivity index (χ2n) is 11.1. The topological polar surface area (TPSA) is 52.6 Å². The molecule has 0 spiro atoms. The van der Waals surface area contributed by atoms with Crippen molar-refractivity contribution >= 4 is 11.9 Å². The van der Waals surface area contributed by atoms with Crippen molar-refractivity contribution in [3.8, 4) is 0 Å². The second kappa shape index (κ2) is 23.7. The molecule has 0 aliphatic carbocycles. The minimum atomic E-state index is -0.0197. The van der Waals surface area contributed by atoms with Gasteiger partial charge >= 0.3 is 11.9 Å². The molecule has 34 heavy (non-hydrogen) atoms. The number of carbonyl (C=O) groups is 2. The molecule has 0 aliphatic heterocycles. The lowest BCUT2D eigenvalue weighted by molar-refractivity contribution is -0.148. The third-order valence-corrected chi connectivity index (χ3v) is 6.53. The van der Waals surface area contributed by atoms with E-state index in [0.717, 1.165) is 63.2 Å². The number of hydrogen-bond acceptors (Lipinski definition) is 4. The minimum absolute atomic E-state index is 0.0144. The van der Waals surface area contributed by atoms with Gasteiger partial charge in [-0.05, 0) is 50.4 Å². The SMILES string of the molecule is CC(C)CCCCOC(=O)CCCCCCCCCCCCC(C)C(=O)OCCCCC(C)C. The Bertz CT molecular complexity index is 472. The van der Waals surface area contributed by atoms with Crippen LogP contribution in [0.4, 0.5) is 0 Å². The average molecular weight is 483 g/mol. The number of hydrogen-bond donors (Lipinski definition) is 0. The van der Waals surface area contributed by atoms with E-state index in [1.165, 1.54) is 57.8 Å². The van der Waals surface area contributed by atoms with Crippen molar-refractivity contribution in [1.29, 1.82) is 0 Å². The molecule has 0 rings (SSSR count). The molecule has 1 atom stereocenters. The summed E-state index contributed by atoms with van der Waals surface area (Å²) in [5, 5.41) is 0. The highest BCUT2D eigenvalue weighted by atomic mass is 16.5. The van der Waals surface area contributed by atoms with Gasteiger partial charge in [-0.15, -0.1) is 0 Å². The molecule has 0 amide bonds. The predicted octanol–water partition coefficient (Wildman–Crippen LogP) is 9.04. The highest BCUT2D eigenvalue weighted by Crippen LogP contribution is 2.16. The molecule has 0 fully saturated rings. The van der Waals surface area contributed by atoms with Gasteiger partial charge in [0, 0.05) is 6.42 Å². The summed E-state index contributed by atoms with van der Waals surface area (Å²) in [4.78, 5) is 23.8. The summed E-state index contributed by atoms with van der Waals surface area (Å²) < 4.78 is 10.7. The quantitative estimate of drug-likeness (QED) is 0.102. The fourth-order valence-electron chi connectivity index (χ4n) is 4.13. The zero-order chi connectivity index (χ0) is 25.4. The zero-order valence-corrected chi connectivity index (χ0v) is 23.5. The Labute approximate surface area is 212 Å². The molecular weight excluding hydrogens is 424 g/mol. The highest BCUT2D eigenvalue weighted by molar-refractivity contribution is 5.71. The van der Waals surface area contributed by atoms with Gasteiger partial charge in [0.1, 0.15) is 0 Å². The predicted molar refractivity (Wildman–Crippen MR) is 144 cm³/mol. The molecule has 0 saturated heterocycles. The van der Waals surface area contributed by atoms with Gasteiger partial charge in [-0.2, -0.15) is 0 Å². The Balaban J connectivity index is 3.35. The average Bonchev–Trinajstić information content (AvgIpc) is 2.78. The van der Waals surface area contributed by atoms with Crippen LogP contribution in [-0.4, -0.2) is 25.2 Å². The van der Waals surface area contributed by atoms with Crippen molar-refractivity contribution in [3.05, 3.63) is 0 Å². The van der Waals surface area contributed by atoms with Crippen molar-refractivity contribution in [2.24, 2.45) is 17.8 Å². The molecule has 202 valence electrons. The second-order valence-corrected chi connectivity index (χ2v) is 11.1. The van der Waals surface area contributed by atoms with Crippen molar-refractivity contribution in [2.75, 3.05) is 13.2 Å². The van der Waals surface area contributed by atoms with Crippen molar-refractivity contribution in [1.82, 2.24) is 0 Å². The summed E-state index contributed by atoms with van der Waals surface area (Å²) in [6.45, 7) is 12.1. The van der Waals surface area contributed by atoms with E-state index in [4.69, 9.17) is 9.47 Å². The third kappa shape index (κ3) is 24.1. The summed E-state index contributed by atoms with van der Waals surface area (Å²) in [5.41, 5.74) is 0. The van der Waals surface area contributed by atoms with Gasteiger partial charge in [0.2, 0.25) is 0 Å². The maximum Gasteiger partial charge on any atom is 0.308 e. The van der Waals surface area contributed by atoms with Crippen LogP contribution in [0.25, 0.3) is 0 Å². The first-order chi connectivity index (χ1) is 16.3. The van der Waals surface area contributed by atoms with E-state index < -0.39 is 0 Å². The Morgan fingerprint density at radius 2 is 0.912 bits per heavy atom. The van der Waals surface area contributed by atoms with Crippen LogP contribution in [0.15, 0.2) is 0 Å². The van der Waals surface area contributed by atoms with E-state index in [1.54, 1.807) is 0 Å². The van der Waals surface area contributed by atoms with Gasteiger partial charge in [-0.1, -0.05) is 105 Å². The molecule has 0 heterocycles. The van der Waals surface area contributed by atoms with Crippen LogP contribution in [0.3, 0.4) is 0 Å². The molecule has 0 N–H and O–H groups in total. The van der Waals surface area contributed by atoms with E-state index in [2.05, 4.69) is 27.7 Å². The van der Waals surface area contributed by atoms with Gasteiger partial charge in [0.15, 0.2) is 0 Å². The van der Waals surface area contributed by atoms with Crippen LogP contribution in [0.5, 0.6) is 0 Å². The Hall–Kier alpha value is -1.06. The third-order valence-electron chi connectivity index (χ3n) is 6.53. The Morgan fingerprint density at radius 1 is 0.500 bits per heavy atom. The summed E-state index contributed by atoms with van der Waals surface area (Å²) in [6.07, 6.45) is 20.3. The van der Waals surface area contributed by atoms with E-state index in [-0.39, 0.29) is 17.9 Å². The van der Waals surface area contributed by atoms with Gasteiger partial charge < -0.3 is 9.47 Å². The number of unbranched alkanes of at least 4 members (excludes halogenated alkanes) is 11. The van der Waals surface area contributed by atoms with Crippen LogP contribution >= 0.6 is 0 Å². The molecule has 0 saturated carbocycles. The summed E-state index contributed by atoms with van der Waals surface area (Å²) in [6, 6.07) is 0. The molecular formula is C30H58O4. The van der Waals surface area contributed by atoms with Crippen LogP contribution in [0.2, 0.25) is 0 Å². The van der Waals surface area contributed by atoms with Gasteiger partial charge in [-0.3, -0.25) is 9.59 Å². The van der Waals surface area contributed by atoms with Gasteiger partial charge in [-0.25, -0.2) is 0 Å². The fraction of sp³-hybridized carbons (Fsp3) is 0.933. The van der Waals surface area contributed by atoms with E-state index in [1.807, 2.05) is 6.92 Å². The maximum atomic E-state index is 12.0. The van der Waals surface area contributed by atoms with Crippen molar-refractivity contribution in [3.63, 3.8) is 0 Å². The molecule has 0 aliphatic rings. The normalized spacial score (nSPS) is 12.3. The molecule has 0 aromatic rings. The molecule has 0 bridgehead atoms. The smallest absolute Gasteiger partial charge is 0.308 e. The van der Waals surface area contributed by atoms with Crippen LogP contribution in [0.1, 0.15) is 150 Å². The lowest BCUT2D eigenvalue weighted by atomic mass is 10.0. The van der Waals surface area contributed by atoms with Crippen molar-refractivity contribution < 1.29 is 19.1 Å². The van der Waals surface area contributed by atoms with Crippen molar-refractivity contribution in [2.45, 2.75) is 150 Å². The van der Waals surface area contributed by atoms with Crippen LogP contribution in [0, 0.1) is 17.8 Å². The van der Waals surface area contributed by atoms with Crippen LogP contribution in [-0.2, 0) is 19.1 Å². The fourth-order valence-corrected chi connectivity index (χ4v) is 4.13. The number of rotatable bonds is 24. The number of ether oxygens (including phenoxy) is 2. The van der Waals surface area contributed by atoms with Crippen LogP contribution < -0.4 is 0 Å². The monoisotopic (exact) mass is 482 g/mol. The summed E-state index contributed by atoms with van der Waals surface area (Å²) in [7, 11) is 0. The zero-order valence-electron chi connectivity index (χ0n) is 23.5. The molecule has 0 radical (unpaired) electrons. The molecule has 4 nitrogen and oxygen atoms in total. The molecule has 4 heteroatoms. The lowest BCUT2D eigenvalue weighted by Gasteiger charge is -2.11. The number of esters is 2. The van der Waals surface area contributed by atoms with E-state index in [0.29, 0.717) is 19.6 Å². The molecule has 0 aromatic carbocycles. The lowest BCUT2D eigenvalue weighted by Crippen LogP contribution is -2.15. The standard InChI is InChI=1S/C30H58O4/c1-26(2)20-16-18-24-33-29(31)23-15-13-11-9-7-6-8-10-12-14-22-28(5)30(32)34-25-19-17-21-27(3)4/h26-28H,6-25H2,1-5H3.